The van der Waals surface area contributed by atoms with Crippen LogP contribution in [0.3, 0.4) is 0 Å². The highest BCUT2D eigenvalue weighted by Gasteiger charge is 2.12. The zero-order valence-electron chi connectivity index (χ0n) is 8.40. The van der Waals surface area contributed by atoms with Gasteiger partial charge in [0.25, 0.3) is 5.91 Å². The number of nitrogens with one attached hydrogen (secondary N) is 1. The van der Waals surface area contributed by atoms with Gasteiger partial charge in [-0.2, -0.15) is 0 Å². The van der Waals surface area contributed by atoms with Gasteiger partial charge in [-0.3, -0.25) is 4.79 Å². The van der Waals surface area contributed by atoms with Crippen LogP contribution in [0.25, 0.3) is 0 Å². The summed E-state index contributed by atoms with van der Waals surface area (Å²) in [5, 5.41) is 11.9. The number of benzene rings is 1. The molecule has 0 aliphatic heterocycles. The quantitative estimate of drug-likeness (QED) is 0.757. The summed E-state index contributed by atoms with van der Waals surface area (Å²) in [4.78, 5) is 11.5. The molecule has 0 aliphatic carbocycles. The Bertz CT molecular complexity index is 295. The Hall–Kier alpha value is -1.35. The van der Waals surface area contributed by atoms with E-state index < -0.39 is 6.10 Å². The second-order valence-corrected chi connectivity index (χ2v) is 3.37. The SMILES string of the molecule is CC(O)C(C)NC(=O)c1ccccc1. The lowest BCUT2D eigenvalue weighted by molar-refractivity contribution is 0.0874. The Morgan fingerprint density at radius 2 is 1.86 bits per heavy atom. The molecule has 14 heavy (non-hydrogen) atoms. The summed E-state index contributed by atoms with van der Waals surface area (Å²) >= 11 is 0. The van der Waals surface area contributed by atoms with Gasteiger partial charge in [0.2, 0.25) is 0 Å². The average molecular weight is 193 g/mol. The molecule has 0 heterocycles. The van der Waals surface area contributed by atoms with Crippen LogP contribution in [-0.4, -0.2) is 23.2 Å². The van der Waals surface area contributed by atoms with Crippen molar-refractivity contribution in [2.75, 3.05) is 0 Å². The van der Waals surface area contributed by atoms with E-state index in [1.165, 1.54) is 0 Å². The van der Waals surface area contributed by atoms with Gasteiger partial charge in [-0.05, 0) is 26.0 Å². The Morgan fingerprint density at radius 3 is 2.36 bits per heavy atom. The molecule has 1 amide bonds. The summed E-state index contributed by atoms with van der Waals surface area (Å²) in [7, 11) is 0. The van der Waals surface area contributed by atoms with Crippen LogP contribution in [0.2, 0.25) is 0 Å². The van der Waals surface area contributed by atoms with Gasteiger partial charge >= 0.3 is 0 Å². The molecule has 0 spiro atoms. The average Bonchev–Trinajstić information content (AvgIpc) is 2.19. The van der Waals surface area contributed by atoms with Crippen LogP contribution < -0.4 is 5.32 Å². The van der Waals surface area contributed by atoms with Gasteiger partial charge in [0.1, 0.15) is 0 Å². The minimum absolute atomic E-state index is 0.154. The fourth-order valence-corrected chi connectivity index (χ4v) is 1.00. The number of aliphatic hydroxyl groups excluding tert-OH is 1. The molecule has 0 bridgehead atoms. The van der Waals surface area contributed by atoms with E-state index in [1.807, 2.05) is 18.2 Å². The summed E-state index contributed by atoms with van der Waals surface area (Å²) in [6, 6.07) is 8.72. The molecular weight excluding hydrogens is 178 g/mol. The molecule has 1 rings (SSSR count). The predicted octanol–water partition coefficient (Wildman–Crippen LogP) is 1.19. The van der Waals surface area contributed by atoms with Crippen molar-refractivity contribution in [1.82, 2.24) is 5.32 Å². The number of hydrogen-bond acceptors (Lipinski definition) is 2. The molecule has 0 saturated carbocycles. The fourth-order valence-electron chi connectivity index (χ4n) is 1.00. The molecule has 1 aromatic rings. The third-order valence-electron chi connectivity index (χ3n) is 2.12. The van der Waals surface area contributed by atoms with Gasteiger partial charge in [0.15, 0.2) is 0 Å². The third kappa shape index (κ3) is 2.85. The zero-order chi connectivity index (χ0) is 10.6. The van der Waals surface area contributed by atoms with Crippen molar-refractivity contribution in [3.8, 4) is 0 Å². The number of carbonyl (C=O) groups excluding carboxylic acids is 1. The van der Waals surface area contributed by atoms with Gasteiger partial charge in [-0.15, -0.1) is 0 Å². The van der Waals surface area contributed by atoms with E-state index in [2.05, 4.69) is 5.32 Å². The van der Waals surface area contributed by atoms with Crippen LogP contribution in [0, 0.1) is 0 Å². The second-order valence-electron chi connectivity index (χ2n) is 3.37. The van der Waals surface area contributed by atoms with Crippen LogP contribution in [0.15, 0.2) is 30.3 Å². The molecule has 76 valence electrons. The minimum atomic E-state index is -0.539. The lowest BCUT2D eigenvalue weighted by Crippen LogP contribution is -2.39. The highest BCUT2D eigenvalue weighted by atomic mass is 16.3. The third-order valence-corrected chi connectivity index (χ3v) is 2.12. The van der Waals surface area contributed by atoms with Gasteiger partial charge in [-0.1, -0.05) is 18.2 Å². The summed E-state index contributed by atoms with van der Waals surface area (Å²) in [5.41, 5.74) is 0.611. The first-order valence-electron chi connectivity index (χ1n) is 4.65. The van der Waals surface area contributed by atoms with Crippen LogP contribution in [0.5, 0.6) is 0 Å². The van der Waals surface area contributed by atoms with Crippen LogP contribution in [0.4, 0.5) is 0 Å². The standard InChI is InChI=1S/C11H15NO2/c1-8(9(2)13)12-11(14)10-6-4-3-5-7-10/h3-9,13H,1-2H3,(H,12,14). The predicted molar refractivity (Wildman–Crippen MR) is 55.1 cm³/mol. The lowest BCUT2D eigenvalue weighted by atomic mass is 10.1. The normalized spacial score (nSPS) is 14.5. The van der Waals surface area contributed by atoms with E-state index in [0.29, 0.717) is 5.56 Å². The van der Waals surface area contributed by atoms with Gasteiger partial charge in [0, 0.05) is 5.56 Å². The summed E-state index contributed by atoms with van der Waals surface area (Å²) in [5.74, 6) is -0.154. The van der Waals surface area contributed by atoms with Crippen molar-refractivity contribution in [2.45, 2.75) is 26.0 Å². The monoisotopic (exact) mass is 193 g/mol. The highest BCUT2D eigenvalue weighted by molar-refractivity contribution is 5.94. The van der Waals surface area contributed by atoms with E-state index in [-0.39, 0.29) is 11.9 Å². The molecule has 0 saturated heterocycles. The zero-order valence-corrected chi connectivity index (χ0v) is 8.40. The van der Waals surface area contributed by atoms with Crippen LogP contribution in [-0.2, 0) is 0 Å². The summed E-state index contributed by atoms with van der Waals surface area (Å²) < 4.78 is 0. The van der Waals surface area contributed by atoms with Gasteiger partial charge in [0.05, 0.1) is 12.1 Å². The topological polar surface area (TPSA) is 49.3 Å². The maximum Gasteiger partial charge on any atom is 0.251 e. The Morgan fingerprint density at radius 1 is 1.29 bits per heavy atom. The smallest absolute Gasteiger partial charge is 0.251 e. The van der Waals surface area contributed by atoms with Crippen molar-refractivity contribution in [2.24, 2.45) is 0 Å². The molecule has 0 radical (unpaired) electrons. The molecule has 3 nitrogen and oxygen atoms in total. The molecule has 2 unspecified atom stereocenters. The molecule has 3 heteroatoms. The Kier molecular flexibility index (Phi) is 3.65. The van der Waals surface area contributed by atoms with E-state index in [0.717, 1.165) is 0 Å². The second kappa shape index (κ2) is 4.77. The van der Waals surface area contributed by atoms with Crippen molar-refractivity contribution in [1.29, 1.82) is 0 Å². The fraction of sp³-hybridized carbons (Fsp3) is 0.364. The largest absolute Gasteiger partial charge is 0.391 e. The van der Waals surface area contributed by atoms with E-state index in [4.69, 9.17) is 0 Å². The van der Waals surface area contributed by atoms with Crippen molar-refractivity contribution in [3.63, 3.8) is 0 Å². The molecule has 1 aromatic carbocycles. The molecule has 0 aliphatic rings. The number of rotatable bonds is 3. The first kappa shape index (κ1) is 10.7. The summed E-state index contributed by atoms with van der Waals surface area (Å²) in [6.45, 7) is 3.42. The molecular formula is C11H15NO2. The molecule has 0 aromatic heterocycles. The Labute approximate surface area is 83.8 Å². The highest BCUT2D eigenvalue weighted by Crippen LogP contribution is 1.99. The number of carbonyl (C=O) groups is 1. The van der Waals surface area contributed by atoms with Crippen LogP contribution in [0.1, 0.15) is 24.2 Å². The van der Waals surface area contributed by atoms with E-state index in [1.54, 1.807) is 26.0 Å². The minimum Gasteiger partial charge on any atom is -0.391 e. The molecule has 2 N–H and O–H groups in total. The number of hydrogen-bond donors (Lipinski definition) is 2. The first-order chi connectivity index (χ1) is 6.61. The lowest BCUT2D eigenvalue weighted by Gasteiger charge is -2.16. The van der Waals surface area contributed by atoms with Crippen molar-refractivity contribution >= 4 is 5.91 Å². The van der Waals surface area contributed by atoms with Crippen molar-refractivity contribution in [3.05, 3.63) is 35.9 Å². The number of amides is 1. The van der Waals surface area contributed by atoms with Crippen molar-refractivity contribution < 1.29 is 9.90 Å². The maximum absolute atomic E-state index is 11.5. The van der Waals surface area contributed by atoms with E-state index in [9.17, 15) is 9.90 Å². The Balaban J connectivity index is 2.60. The van der Waals surface area contributed by atoms with Gasteiger partial charge in [-0.25, -0.2) is 0 Å². The summed E-state index contributed by atoms with van der Waals surface area (Å²) in [6.07, 6.45) is -0.539. The number of aliphatic hydroxyl groups is 1. The first-order valence-corrected chi connectivity index (χ1v) is 4.65. The maximum atomic E-state index is 11.5. The van der Waals surface area contributed by atoms with Gasteiger partial charge < -0.3 is 10.4 Å². The molecule has 0 fully saturated rings. The molecule has 2 atom stereocenters. The van der Waals surface area contributed by atoms with Crippen LogP contribution >= 0.6 is 0 Å². The van der Waals surface area contributed by atoms with E-state index >= 15 is 0 Å².